The monoisotopic (exact) mass is 352 g/mol. The maximum absolute atomic E-state index is 5.64. The van der Waals surface area contributed by atoms with Crippen molar-refractivity contribution in [2.24, 2.45) is 0 Å². The first kappa shape index (κ1) is 20.3. The van der Waals surface area contributed by atoms with Crippen molar-refractivity contribution in [1.29, 1.82) is 0 Å². The van der Waals surface area contributed by atoms with Crippen LogP contribution in [0, 0.1) is 6.92 Å². The van der Waals surface area contributed by atoms with Crippen LogP contribution in [0.5, 0.6) is 11.5 Å². The van der Waals surface area contributed by atoms with Gasteiger partial charge in [-0.05, 0) is 34.9 Å². The summed E-state index contributed by atoms with van der Waals surface area (Å²) in [7, 11) is 2.37. The Bertz CT molecular complexity index is 791. The topological polar surface area (TPSA) is 33.7 Å². The minimum Gasteiger partial charge on any atom is -0.463 e. The number of ether oxygens (including phenoxy) is 2. The van der Waals surface area contributed by atoms with Crippen LogP contribution >= 0.6 is 0 Å². The van der Waals surface area contributed by atoms with Gasteiger partial charge in [-0.2, -0.15) is 0 Å². The minimum absolute atomic E-state index is 0. The van der Waals surface area contributed by atoms with Gasteiger partial charge in [-0.15, -0.1) is 21.5 Å². The molecule has 0 atom stereocenters. The van der Waals surface area contributed by atoms with E-state index in [-0.39, 0.29) is 24.4 Å². The summed E-state index contributed by atoms with van der Waals surface area (Å²) in [5.74, 6) is 1.71. The molecule has 1 N–H and O–H groups in total. The Morgan fingerprint density at radius 1 is 1.12 bits per heavy atom. The summed E-state index contributed by atoms with van der Waals surface area (Å²) in [6.45, 7) is 14.1. The Morgan fingerprint density at radius 2 is 1.68 bits per heavy atom. The molecule has 0 bridgehead atoms. The molecule has 1 aliphatic heterocycles. The summed E-state index contributed by atoms with van der Waals surface area (Å²) < 4.78 is 11.3. The van der Waals surface area contributed by atoms with E-state index in [2.05, 4.69) is 76.9 Å². The molecule has 132 valence electrons. The van der Waals surface area contributed by atoms with Gasteiger partial charge in [0.15, 0.2) is 0 Å². The molecule has 0 radical (unpaired) electrons. The molecular formula is C19H29LiN2O2Si. The maximum Gasteiger partial charge on any atom is 1.00 e. The quantitative estimate of drug-likeness (QED) is 0.643. The van der Waals surface area contributed by atoms with E-state index in [4.69, 9.17) is 9.47 Å². The van der Waals surface area contributed by atoms with Crippen molar-refractivity contribution in [3.8, 4) is 11.5 Å². The van der Waals surface area contributed by atoms with Gasteiger partial charge in [0.05, 0.1) is 0 Å². The summed E-state index contributed by atoms with van der Waals surface area (Å²) in [6.07, 6.45) is 0. The van der Waals surface area contributed by atoms with Gasteiger partial charge in [-0.25, -0.2) is 0 Å². The molecule has 2 aromatic rings. The molecule has 0 unspecified atom stereocenters. The Labute approximate surface area is 164 Å². The van der Waals surface area contributed by atoms with Crippen molar-refractivity contribution >= 4 is 29.9 Å². The number of anilines is 1. The van der Waals surface area contributed by atoms with Gasteiger partial charge in [0.1, 0.15) is 19.7 Å². The van der Waals surface area contributed by atoms with Crippen LogP contribution in [0.2, 0.25) is 13.1 Å². The average molecular weight is 352 g/mol. The number of nitrogens with one attached hydrogen (secondary N) is 1. The first-order chi connectivity index (χ1) is 11.0. The van der Waals surface area contributed by atoms with E-state index >= 15 is 0 Å². The number of nitrogens with zero attached hydrogens (tertiary/aromatic N) is 1. The fourth-order valence-electron chi connectivity index (χ4n) is 4.25. The van der Waals surface area contributed by atoms with E-state index in [1.807, 2.05) is 0 Å². The van der Waals surface area contributed by atoms with E-state index in [1.165, 1.54) is 27.2 Å². The van der Waals surface area contributed by atoms with E-state index in [0.29, 0.717) is 6.79 Å². The normalized spacial score (nSPS) is 13.9. The zero-order valence-corrected chi connectivity index (χ0v) is 18.1. The minimum atomic E-state index is -1.85. The van der Waals surface area contributed by atoms with Crippen LogP contribution in [0.15, 0.2) is 12.1 Å². The Kier molecular flexibility index (Phi) is 5.38. The molecule has 0 amide bonds. The average Bonchev–Trinajstić information content (AvgIpc) is 2.92. The zero-order chi connectivity index (χ0) is 17.9. The SMILES string of the molecule is Cc1c(N(C)C)c2cc3c(cc2[c-]1[Si](C)(C)NC(C)(C)C)OCO3.[Li+]. The molecule has 0 saturated heterocycles. The second-order valence-corrected chi connectivity index (χ2v) is 12.5. The number of benzene rings is 1. The zero-order valence-electron chi connectivity index (χ0n) is 17.1. The summed E-state index contributed by atoms with van der Waals surface area (Å²) in [4.78, 5) is 6.13. The second kappa shape index (κ2) is 6.62. The molecular weight excluding hydrogens is 323 g/mol. The molecule has 0 fully saturated rings. The summed E-state index contributed by atoms with van der Waals surface area (Å²) in [5.41, 5.74) is 2.74. The van der Waals surface area contributed by atoms with Crippen molar-refractivity contribution in [3.05, 3.63) is 17.7 Å². The molecule has 0 aromatic heterocycles. The van der Waals surface area contributed by atoms with Gasteiger partial charge in [0, 0.05) is 5.54 Å². The number of fused-ring (bicyclic) bond motifs is 2. The third-order valence-corrected chi connectivity index (χ3v) is 7.80. The van der Waals surface area contributed by atoms with Crippen LogP contribution in [-0.2, 0) is 0 Å². The molecule has 25 heavy (non-hydrogen) atoms. The van der Waals surface area contributed by atoms with Gasteiger partial charge in [-0.1, -0.05) is 37.8 Å². The van der Waals surface area contributed by atoms with E-state index in [9.17, 15) is 0 Å². The smallest absolute Gasteiger partial charge is 0.463 e. The molecule has 2 aromatic carbocycles. The van der Waals surface area contributed by atoms with Gasteiger partial charge < -0.3 is 19.4 Å². The molecule has 0 aliphatic carbocycles. The molecule has 4 nitrogen and oxygen atoms in total. The number of rotatable bonds is 3. The van der Waals surface area contributed by atoms with Crippen LogP contribution in [0.3, 0.4) is 0 Å². The van der Waals surface area contributed by atoms with Crippen molar-refractivity contribution in [3.63, 3.8) is 0 Å². The van der Waals surface area contributed by atoms with Crippen molar-refractivity contribution in [1.82, 2.24) is 4.98 Å². The van der Waals surface area contributed by atoms with Crippen LogP contribution in [-0.4, -0.2) is 34.7 Å². The number of hydrogen-bond donors (Lipinski definition) is 1. The van der Waals surface area contributed by atoms with Crippen molar-refractivity contribution in [2.75, 3.05) is 25.8 Å². The standard InChI is InChI=1S/C19H29N2O2Si.Li/c1-12-17(21(5)6)13-9-15-16(23-11-22-15)10-14(13)18(12)24(7,8)20-19(2,3)4;/h9-10,20H,11H2,1-8H3;/q-1;+1. The summed E-state index contributed by atoms with van der Waals surface area (Å²) >= 11 is 0. The van der Waals surface area contributed by atoms with Crippen LogP contribution < -0.4 is 43.4 Å². The molecule has 0 saturated carbocycles. The maximum atomic E-state index is 5.64. The van der Waals surface area contributed by atoms with Crippen molar-refractivity contribution < 1.29 is 28.3 Å². The largest absolute Gasteiger partial charge is 1.00 e. The van der Waals surface area contributed by atoms with Crippen LogP contribution in [0.25, 0.3) is 10.8 Å². The van der Waals surface area contributed by atoms with Crippen LogP contribution in [0.1, 0.15) is 26.3 Å². The predicted octanol–water partition coefficient (Wildman–Crippen LogP) is 0.466. The fourth-order valence-corrected chi connectivity index (χ4v) is 8.18. The molecule has 1 aliphatic rings. The summed E-state index contributed by atoms with van der Waals surface area (Å²) in [6, 6.07) is 4.32. The molecule has 6 heteroatoms. The molecule has 3 rings (SSSR count). The van der Waals surface area contributed by atoms with E-state index < -0.39 is 8.24 Å². The van der Waals surface area contributed by atoms with Gasteiger partial charge >= 0.3 is 18.9 Å². The fraction of sp³-hybridized carbons (Fsp3) is 0.526. The predicted molar refractivity (Wildman–Crippen MR) is 105 cm³/mol. The van der Waals surface area contributed by atoms with Gasteiger partial charge in [0.25, 0.3) is 0 Å². The Balaban J connectivity index is 0.00000225. The molecule has 1 heterocycles. The number of hydrogen-bond acceptors (Lipinski definition) is 4. The van der Waals surface area contributed by atoms with Crippen molar-refractivity contribution in [2.45, 2.75) is 46.3 Å². The van der Waals surface area contributed by atoms with Gasteiger partial charge in [-0.3, -0.25) is 0 Å². The second-order valence-electron chi connectivity index (χ2n) is 8.49. The third kappa shape index (κ3) is 3.61. The Hall–Kier alpha value is -0.996. The summed E-state index contributed by atoms with van der Waals surface area (Å²) in [5, 5.41) is 4.02. The van der Waals surface area contributed by atoms with Gasteiger partial charge in [0.2, 0.25) is 6.79 Å². The first-order valence-corrected chi connectivity index (χ1v) is 11.5. The van der Waals surface area contributed by atoms with Crippen LogP contribution in [0.4, 0.5) is 5.69 Å². The van der Waals surface area contributed by atoms with E-state index in [1.54, 1.807) is 0 Å². The molecule has 0 spiro atoms. The van der Waals surface area contributed by atoms with E-state index in [0.717, 1.165) is 11.5 Å². The first-order valence-electron chi connectivity index (χ1n) is 8.51. The third-order valence-electron chi connectivity index (χ3n) is 4.53. The Morgan fingerprint density at radius 3 is 2.20 bits per heavy atom.